The second kappa shape index (κ2) is 9.82. The van der Waals surface area contributed by atoms with E-state index in [4.69, 9.17) is 5.73 Å². The van der Waals surface area contributed by atoms with Crippen LogP contribution in [-0.4, -0.2) is 39.4 Å². The highest BCUT2D eigenvalue weighted by atomic mass is 32.1. The van der Waals surface area contributed by atoms with Crippen molar-refractivity contribution in [1.82, 2.24) is 14.8 Å². The van der Waals surface area contributed by atoms with Gasteiger partial charge in [-0.3, -0.25) is 9.59 Å². The molecule has 1 fully saturated rings. The van der Waals surface area contributed by atoms with Gasteiger partial charge in [0.1, 0.15) is 11.2 Å². The summed E-state index contributed by atoms with van der Waals surface area (Å²) >= 11 is 1.71. The van der Waals surface area contributed by atoms with Gasteiger partial charge < -0.3 is 20.5 Å². The third-order valence-corrected chi connectivity index (χ3v) is 8.57. The average molecular weight is 481 g/mol. The predicted octanol–water partition coefficient (Wildman–Crippen LogP) is 4.76. The van der Waals surface area contributed by atoms with Gasteiger partial charge in [-0.2, -0.15) is 0 Å². The Bertz CT molecular complexity index is 1150. The maximum absolute atomic E-state index is 13.8. The van der Waals surface area contributed by atoms with Crippen LogP contribution in [0.15, 0.2) is 48.7 Å². The molecule has 1 aliphatic carbocycles. The highest BCUT2D eigenvalue weighted by Crippen LogP contribution is 2.37. The fourth-order valence-corrected chi connectivity index (χ4v) is 6.13. The first kappa shape index (κ1) is 24.3. The molecule has 7 heteroatoms. The summed E-state index contributed by atoms with van der Waals surface area (Å²) in [5, 5.41) is 3.29. The number of amides is 2. The van der Waals surface area contributed by atoms with Crippen molar-refractivity contribution in [2.24, 2.45) is 11.7 Å². The Labute approximate surface area is 206 Å². The first-order chi connectivity index (χ1) is 16.3. The van der Waals surface area contributed by atoms with E-state index in [1.807, 2.05) is 23.6 Å². The Morgan fingerprint density at radius 2 is 2.06 bits per heavy atom. The molecule has 0 aromatic carbocycles. The third-order valence-electron chi connectivity index (χ3n) is 7.36. The molecule has 2 aliphatic rings. The number of allylic oxidation sites excluding steroid dienone is 2. The molecule has 2 aromatic rings. The number of fused-ring (bicyclic) bond motifs is 3. The first-order valence-corrected chi connectivity index (χ1v) is 13.1. The minimum Gasteiger partial charge on any atom is -0.404 e. The van der Waals surface area contributed by atoms with Crippen molar-refractivity contribution in [3.05, 3.63) is 59.3 Å². The van der Waals surface area contributed by atoms with Crippen LogP contribution in [0.5, 0.6) is 0 Å². The van der Waals surface area contributed by atoms with E-state index in [2.05, 4.69) is 31.8 Å². The highest BCUT2D eigenvalue weighted by Gasteiger charge is 2.48. The van der Waals surface area contributed by atoms with E-state index in [-0.39, 0.29) is 24.4 Å². The fraction of sp³-hybridized carbons (Fsp3) is 0.481. The summed E-state index contributed by atoms with van der Waals surface area (Å²) < 4.78 is 3.13. The topological polar surface area (TPSA) is 80.4 Å². The van der Waals surface area contributed by atoms with Crippen LogP contribution in [0.4, 0.5) is 0 Å². The van der Waals surface area contributed by atoms with Gasteiger partial charge in [0.15, 0.2) is 0 Å². The van der Waals surface area contributed by atoms with Gasteiger partial charge in [-0.25, -0.2) is 0 Å². The summed E-state index contributed by atoms with van der Waals surface area (Å²) in [4.78, 5) is 30.6. The summed E-state index contributed by atoms with van der Waals surface area (Å²) in [5.74, 6) is 0.462. The lowest BCUT2D eigenvalue weighted by molar-refractivity contribution is -0.133. The van der Waals surface area contributed by atoms with Crippen LogP contribution in [0.25, 0.3) is 10.2 Å². The molecule has 3 N–H and O–H groups in total. The summed E-state index contributed by atoms with van der Waals surface area (Å²) in [7, 11) is 0. The Kier molecular flexibility index (Phi) is 7.03. The molecule has 1 aliphatic heterocycles. The minimum atomic E-state index is -1.04. The van der Waals surface area contributed by atoms with Crippen molar-refractivity contribution in [2.75, 3.05) is 6.54 Å². The Hall–Kier alpha value is -2.80. The molecule has 2 amide bonds. The lowest BCUT2D eigenvalue weighted by atomic mass is 9.86. The van der Waals surface area contributed by atoms with Crippen LogP contribution in [0.2, 0.25) is 0 Å². The number of hydrogen-bond acceptors (Lipinski definition) is 4. The summed E-state index contributed by atoms with van der Waals surface area (Å²) in [6.07, 6.45) is 11.9. The van der Waals surface area contributed by atoms with Gasteiger partial charge >= 0.3 is 0 Å². The van der Waals surface area contributed by atoms with Gasteiger partial charge in [-0.15, -0.1) is 11.3 Å². The van der Waals surface area contributed by atoms with E-state index in [0.717, 1.165) is 47.9 Å². The smallest absolute Gasteiger partial charge is 0.271 e. The van der Waals surface area contributed by atoms with E-state index >= 15 is 0 Å². The molecule has 4 rings (SSSR count). The average Bonchev–Trinajstić information content (AvgIpc) is 3.38. The maximum atomic E-state index is 13.8. The van der Waals surface area contributed by atoms with Gasteiger partial charge in [-0.05, 0) is 68.9 Å². The van der Waals surface area contributed by atoms with Gasteiger partial charge in [0, 0.05) is 17.5 Å². The Morgan fingerprint density at radius 3 is 2.71 bits per heavy atom. The molecule has 6 nitrogen and oxygen atoms in total. The molecule has 0 spiro atoms. The molecular weight excluding hydrogens is 444 g/mol. The van der Waals surface area contributed by atoms with Gasteiger partial charge in [-0.1, -0.05) is 38.7 Å². The molecule has 1 atom stereocenters. The van der Waals surface area contributed by atoms with E-state index in [9.17, 15) is 9.59 Å². The van der Waals surface area contributed by atoms with Crippen molar-refractivity contribution in [3.63, 3.8) is 0 Å². The monoisotopic (exact) mass is 480 g/mol. The SMILES string of the molecule is C=C/C=C\C(=C/N)CN1C(=O)c2cc3sc(CC)cc3n2CC1(C)C(=O)NC1CCC(C)CC1. The lowest BCUT2D eigenvalue weighted by Gasteiger charge is -2.45. The summed E-state index contributed by atoms with van der Waals surface area (Å²) in [6.45, 7) is 10.7. The number of nitrogens with two attached hydrogens (primary N) is 1. The zero-order valence-electron chi connectivity index (χ0n) is 20.5. The van der Waals surface area contributed by atoms with Gasteiger partial charge in [0.2, 0.25) is 5.91 Å². The second-order valence-corrected chi connectivity index (χ2v) is 11.0. The third kappa shape index (κ3) is 4.45. The van der Waals surface area contributed by atoms with E-state index < -0.39 is 5.54 Å². The zero-order chi connectivity index (χ0) is 24.5. The van der Waals surface area contributed by atoms with E-state index in [1.165, 1.54) is 11.1 Å². The molecular formula is C27H36N4O2S. The number of aromatic nitrogens is 1. The number of hydrogen-bond donors (Lipinski definition) is 2. The normalized spacial score (nSPS) is 25.7. The molecule has 3 heterocycles. The molecule has 0 bridgehead atoms. The van der Waals surface area contributed by atoms with Gasteiger partial charge in [0.25, 0.3) is 5.91 Å². The second-order valence-electron chi connectivity index (χ2n) is 9.86. The van der Waals surface area contributed by atoms with Crippen molar-refractivity contribution < 1.29 is 9.59 Å². The van der Waals surface area contributed by atoms with Crippen molar-refractivity contribution in [3.8, 4) is 0 Å². The van der Waals surface area contributed by atoms with Crippen LogP contribution in [0, 0.1) is 5.92 Å². The van der Waals surface area contributed by atoms with Crippen LogP contribution in [0.3, 0.4) is 0 Å². The summed E-state index contributed by atoms with van der Waals surface area (Å²) in [5.41, 5.74) is 7.27. The molecule has 0 radical (unpaired) electrons. The number of nitrogens with one attached hydrogen (secondary N) is 1. The molecule has 0 saturated heterocycles. The van der Waals surface area contributed by atoms with E-state index in [0.29, 0.717) is 18.2 Å². The molecule has 34 heavy (non-hydrogen) atoms. The van der Waals surface area contributed by atoms with Crippen molar-refractivity contribution in [2.45, 2.75) is 71.0 Å². The number of carbonyl (C=O) groups excluding carboxylic acids is 2. The van der Waals surface area contributed by atoms with Gasteiger partial charge in [0.05, 0.1) is 16.8 Å². The van der Waals surface area contributed by atoms with E-state index in [1.54, 1.807) is 28.4 Å². The van der Waals surface area contributed by atoms with Crippen LogP contribution in [-0.2, 0) is 17.8 Å². The standard InChI is InChI=1S/C27H36N4O2S/c1-5-7-8-19(15-28)16-31-25(32)23-14-24-22(13-21(6-2)34-24)30(23)17-27(31,4)26(33)29-20-11-9-18(3)10-12-20/h5,7-8,13-15,18,20H,1,6,9-12,16-17,28H2,2-4H3,(H,29,33)/b8-7-,19-15+. The number of carbonyl (C=O) groups is 2. The summed E-state index contributed by atoms with van der Waals surface area (Å²) in [6, 6.07) is 4.28. The molecule has 1 saturated carbocycles. The first-order valence-electron chi connectivity index (χ1n) is 12.3. The van der Waals surface area contributed by atoms with Crippen LogP contribution in [0.1, 0.15) is 61.8 Å². The van der Waals surface area contributed by atoms with Crippen LogP contribution < -0.4 is 11.1 Å². The number of rotatable bonds is 7. The predicted molar refractivity (Wildman–Crippen MR) is 140 cm³/mol. The number of thiophene rings is 1. The Morgan fingerprint density at radius 1 is 1.32 bits per heavy atom. The van der Waals surface area contributed by atoms with Crippen LogP contribution >= 0.6 is 11.3 Å². The quantitative estimate of drug-likeness (QED) is 0.561. The largest absolute Gasteiger partial charge is 0.404 e. The molecule has 1 unspecified atom stereocenters. The number of nitrogens with zero attached hydrogens (tertiary/aromatic N) is 2. The van der Waals surface area contributed by atoms with Crippen molar-refractivity contribution >= 4 is 33.4 Å². The molecule has 2 aromatic heterocycles. The molecule has 182 valence electrons. The highest BCUT2D eigenvalue weighted by molar-refractivity contribution is 7.19. The number of aryl methyl sites for hydroxylation is 1. The zero-order valence-corrected chi connectivity index (χ0v) is 21.3. The maximum Gasteiger partial charge on any atom is 0.271 e. The lowest BCUT2D eigenvalue weighted by Crippen LogP contribution is -2.65. The van der Waals surface area contributed by atoms with Crippen molar-refractivity contribution in [1.29, 1.82) is 0 Å². The Balaban J connectivity index is 1.71. The minimum absolute atomic E-state index is 0.0945. The fourth-order valence-electron chi connectivity index (χ4n) is 5.09.